The summed E-state index contributed by atoms with van der Waals surface area (Å²) in [5, 5.41) is 9.14. The number of hydrogen-bond acceptors (Lipinski definition) is 8. The number of esters is 1. The van der Waals surface area contributed by atoms with Crippen molar-refractivity contribution in [2.45, 2.75) is 61.0 Å². The van der Waals surface area contributed by atoms with E-state index < -0.39 is 22.6 Å². The number of aliphatic hydroxyl groups excluding tert-OH is 1. The number of unbranched alkanes of at least 4 members (excludes halogenated alkanes) is 3. The summed E-state index contributed by atoms with van der Waals surface area (Å²) < 4.78 is 10.4. The van der Waals surface area contributed by atoms with Crippen molar-refractivity contribution in [2.24, 2.45) is 11.8 Å². The Bertz CT molecular complexity index is 896. The summed E-state index contributed by atoms with van der Waals surface area (Å²) in [4.78, 5) is 47.6. The molecule has 0 aromatic carbocycles. The Balaban J connectivity index is 1.56. The first-order chi connectivity index (χ1) is 19.0. The number of likely N-dealkylation sites (tertiary alicyclic amines) is 1. The SMILES string of the molecule is C=CCCOC(=O)[C@@H]1[C@@H]2CCC3(S2)C(C(=O)N(CC=C)CCN2CCOCC2)N(CCCCCCO)C(=O)[C@H]13. The zero-order valence-electron chi connectivity index (χ0n) is 23.1. The molecule has 0 aromatic rings. The third kappa shape index (κ3) is 6.39. The predicted molar refractivity (Wildman–Crippen MR) is 151 cm³/mol. The van der Waals surface area contributed by atoms with E-state index in [4.69, 9.17) is 14.6 Å². The highest BCUT2D eigenvalue weighted by Gasteiger charge is 2.74. The van der Waals surface area contributed by atoms with Crippen molar-refractivity contribution in [1.82, 2.24) is 14.7 Å². The fourth-order valence-electron chi connectivity index (χ4n) is 6.73. The molecule has 4 rings (SSSR count). The van der Waals surface area contributed by atoms with Gasteiger partial charge >= 0.3 is 5.97 Å². The average Bonchev–Trinajstić information content (AvgIpc) is 3.58. The van der Waals surface area contributed by atoms with Crippen LogP contribution in [-0.4, -0.2) is 119 Å². The Hall–Kier alpha value is -1.88. The summed E-state index contributed by atoms with van der Waals surface area (Å²) >= 11 is 1.68. The molecule has 2 bridgehead atoms. The standard InChI is InChI=1S/C29H45N3O6S/c1-3-5-19-38-28(36)23-22-10-11-29(39-22)24(23)26(34)32(13-8-6-7-9-18-33)25(29)27(35)31(12-4-2)15-14-30-16-20-37-21-17-30/h3-4,22-25,33H,1-2,5-21H2/t22-,23+,24-,25?,29?/m0/s1. The molecule has 0 aromatic heterocycles. The first kappa shape index (κ1) is 30.1. The van der Waals surface area contributed by atoms with Gasteiger partial charge in [0.05, 0.1) is 36.4 Å². The van der Waals surface area contributed by atoms with E-state index in [2.05, 4.69) is 18.1 Å². The van der Waals surface area contributed by atoms with Gasteiger partial charge in [-0.25, -0.2) is 0 Å². The van der Waals surface area contributed by atoms with Crippen LogP contribution in [-0.2, 0) is 23.9 Å². The van der Waals surface area contributed by atoms with E-state index in [1.54, 1.807) is 28.8 Å². The van der Waals surface area contributed by atoms with Crippen molar-refractivity contribution in [1.29, 1.82) is 0 Å². The van der Waals surface area contributed by atoms with E-state index >= 15 is 0 Å². The lowest BCUT2D eigenvalue weighted by Gasteiger charge is -2.38. The summed E-state index contributed by atoms with van der Waals surface area (Å²) in [7, 11) is 0. The summed E-state index contributed by atoms with van der Waals surface area (Å²) in [5.41, 5.74) is 0. The average molecular weight is 564 g/mol. The molecule has 1 N–H and O–H groups in total. The van der Waals surface area contributed by atoms with Crippen LogP contribution in [0.15, 0.2) is 25.3 Å². The van der Waals surface area contributed by atoms with Crippen molar-refractivity contribution < 1.29 is 29.0 Å². The van der Waals surface area contributed by atoms with Gasteiger partial charge in [-0.15, -0.1) is 24.9 Å². The Morgan fingerprint density at radius 3 is 2.64 bits per heavy atom. The van der Waals surface area contributed by atoms with Crippen LogP contribution >= 0.6 is 11.8 Å². The topological polar surface area (TPSA) is 99.6 Å². The fourth-order valence-corrected chi connectivity index (χ4v) is 8.94. The van der Waals surface area contributed by atoms with Crippen molar-refractivity contribution in [2.75, 3.05) is 65.7 Å². The molecule has 39 heavy (non-hydrogen) atoms. The maximum atomic E-state index is 14.4. The Morgan fingerprint density at radius 1 is 1.15 bits per heavy atom. The van der Waals surface area contributed by atoms with E-state index in [1.165, 1.54) is 0 Å². The second kappa shape index (κ2) is 14.1. The summed E-state index contributed by atoms with van der Waals surface area (Å²) in [5.74, 6) is -1.49. The molecule has 2 amide bonds. The van der Waals surface area contributed by atoms with Crippen molar-refractivity contribution >= 4 is 29.5 Å². The van der Waals surface area contributed by atoms with Crippen LogP contribution in [0.3, 0.4) is 0 Å². The van der Waals surface area contributed by atoms with Gasteiger partial charge in [0.25, 0.3) is 0 Å². The fraction of sp³-hybridized carbons (Fsp3) is 0.759. The number of carbonyl (C=O) groups excluding carboxylic acids is 3. The Kier molecular flexibility index (Phi) is 10.9. The first-order valence-electron chi connectivity index (χ1n) is 14.5. The third-order valence-corrected chi connectivity index (χ3v) is 10.6. The zero-order chi connectivity index (χ0) is 27.8. The molecule has 2 unspecified atom stereocenters. The van der Waals surface area contributed by atoms with E-state index in [0.29, 0.717) is 39.3 Å². The monoisotopic (exact) mass is 563 g/mol. The van der Waals surface area contributed by atoms with Crippen LogP contribution in [0.2, 0.25) is 0 Å². The van der Waals surface area contributed by atoms with Gasteiger partial charge < -0.3 is 24.4 Å². The maximum absolute atomic E-state index is 14.4. The predicted octanol–water partition coefficient (Wildman–Crippen LogP) is 2.10. The second-order valence-electron chi connectivity index (χ2n) is 11.0. The van der Waals surface area contributed by atoms with Crippen molar-refractivity contribution in [3.8, 4) is 0 Å². The number of carbonyl (C=O) groups is 3. The Labute approximate surface area is 236 Å². The number of nitrogens with zero attached hydrogens (tertiary/aromatic N) is 3. The van der Waals surface area contributed by atoms with Gasteiger partial charge in [0.15, 0.2) is 0 Å². The number of fused-ring (bicyclic) bond motifs is 1. The van der Waals surface area contributed by atoms with Gasteiger partial charge in [-0.1, -0.05) is 25.0 Å². The zero-order valence-corrected chi connectivity index (χ0v) is 24.0. The molecule has 4 fully saturated rings. The minimum atomic E-state index is -0.607. The normalized spacial score (nSPS) is 29.9. The maximum Gasteiger partial charge on any atom is 0.310 e. The highest BCUT2D eigenvalue weighted by atomic mass is 32.2. The van der Waals surface area contributed by atoms with Gasteiger partial charge in [-0.2, -0.15) is 0 Å². The van der Waals surface area contributed by atoms with Gasteiger partial charge in [0, 0.05) is 51.1 Å². The molecule has 0 saturated carbocycles. The highest BCUT2D eigenvalue weighted by molar-refractivity contribution is 8.02. The van der Waals surface area contributed by atoms with Crippen LogP contribution in [0.1, 0.15) is 44.9 Å². The van der Waals surface area contributed by atoms with Crippen molar-refractivity contribution in [3.05, 3.63) is 25.3 Å². The molecule has 0 aliphatic carbocycles. The molecule has 5 atom stereocenters. The van der Waals surface area contributed by atoms with E-state index in [1.807, 2.05) is 4.90 Å². The van der Waals surface area contributed by atoms with Gasteiger partial charge in [-0.05, 0) is 32.1 Å². The van der Waals surface area contributed by atoms with E-state index in [0.717, 1.165) is 58.2 Å². The third-order valence-electron chi connectivity index (χ3n) is 8.63. The summed E-state index contributed by atoms with van der Waals surface area (Å²) in [6, 6.07) is -0.599. The van der Waals surface area contributed by atoms with Crippen LogP contribution in [0.4, 0.5) is 0 Å². The molecular weight excluding hydrogens is 518 g/mol. The van der Waals surface area contributed by atoms with Crippen LogP contribution < -0.4 is 0 Å². The quantitative estimate of drug-likeness (QED) is 0.173. The van der Waals surface area contributed by atoms with E-state index in [9.17, 15) is 14.4 Å². The van der Waals surface area contributed by atoms with Crippen LogP contribution in [0.5, 0.6) is 0 Å². The number of rotatable bonds is 16. The molecule has 218 valence electrons. The van der Waals surface area contributed by atoms with Crippen LogP contribution in [0.25, 0.3) is 0 Å². The number of aliphatic hydroxyl groups is 1. The molecule has 4 aliphatic heterocycles. The molecule has 4 aliphatic rings. The van der Waals surface area contributed by atoms with Crippen LogP contribution in [0, 0.1) is 11.8 Å². The molecule has 4 saturated heterocycles. The second-order valence-corrected chi connectivity index (χ2v) is 12.6. The molecule has 9 nitrogen and oxygen atoms in total. The lowest BCUT2D eigenvalue weighted by Crippen LogP contribution is -2.56. The van der Waals surface area contributed by atoms with E-state index in [-0.39, 0.29) is 36.2 Å². The van der Waals surface area contributed by atoms with Gasteiger partial charge in [-0.3, -0.25) is 19.3 Å². The first-order valence-corrected chi connectivity index (χ1v) is 15.4. The molecule has 4 heterocycles. The summed E-state index contributed by atoms with van der Waals surface area (Å²) in [6.07, 6.45) is 8.83. The number of ether oxygens (including phenoxy) is 2. The largest absolute Gasteiger partial charge is 0.465 e. The highest BCUT2D eigenvalue weighted by Crippen LogP contribution is 2.66. The molecule has 0 radical (unpaired) electrons. The van der Waals surface area contributed by atoms with Crippen molar-refractivity contribution in [3.63, 3.8) is 0 Å². The number of thioether (sulfide) groups is 1. The number of morpholine rings is 1. The molecule has 1 spiro atoms. The van der Waals surface area contributed by atoms with Gasteiger partial charge in [0.2, 0.25) is 11.8 Å². The number of hydrogen-bond donors (Lipinski definition) is 1. The molecule has 10 heteroatoms. The lowest BCUT2D eigenvalue weighted by atomic mass is 9.71. The Morgan fingerprint density at radius 2 is 1.92 bits per heavy atom. The lowest BCUT2D eigenvalue weighted by molar-refractivity contribution is -0.154. The minimum Gasteiger partial charge on any atom is -0.465 e. The minimum absolute atomic E-state index is 0.00149. The summed E-state index contributed by atoms with van der Waals surface area (Å²) in [6.45, 7) is 13.3. The smallest absolute Gasteiger partial charge is 0.310 e. The van der Waals surface area contributed by atoms with Gasteiger partial charge in [0.1, 0.15) is 6.04 Å². The molecular formula is C29H45N3O6S. The number of amides is 2.